The summed E-state index contributed by atoms with van der Waals surface area (Å²) >= 11 is 3.31. The molecule has 0 aliphatic carbocycles. The van der Waals surface area contributed by atoms with Gasteiger partial charge in [0.1, 0.15) is 11.8 Å². The second kappa shape index (κ2) is 12.3. The highest BCUT2D eigenvalue weighted by Gasteiger charge is 2.36. The number of carbonyl (C=O) groups excluding carboxylic acids is 1. The highest BCUT2D eigenvalue weighted by Crippen LogP contribution is 2.40. The van der Waals surface area contributed by atoms with E-state index in [1.807, 2.05) is 86.7 Å². The van der Waals surface area contributed by atoms with Crippen LogP contribution in [-0.4, -0.2) is 47.3 Å². The number of allylic oxidation sites excluding steroid dienone is 1. The smallest absolute Gasteiger partial charge is 0.271 e. The third-order valence-electron chi connectivity index (χ3n) is 7.38. The Morgan fingerprint density at radius 1 is 1.14 bits per heavy atom. The molecule has 2 heterocycles. The molecule has 0 bridgehead atoms. The predicted octanol–water partition coefficient (Wildman–Crippen LogP) is 4.97. The maximum absolute atomic E-state index is 14.3. The molecule has 10 heteroatoms. The number of aromatic hydroxyl groups is 1. The second-order valence-electron chi connectivity index (χ2n) is 9.74. The van der Waals surface area contributed by atoms with Gasteiger partial charge in [-0.3, -0.25) is 14.2 Å². The number of halogens is 1. The zero-order valence-electron chi connectivity index (χ0n) is 24.1. The molecule has 1 N–H and O–H groups in total. The average Bonchev–Trinajstić information content (AvgIpc) is 3.28. The Labute approximate surface area is 261 Å². The zero-order chi connectivity index (χ0) is 30.1. The molecule has 0 saturated heterocycles. The number of hydrogen-bond acceptors (Lipinski definition) is 7. The largest absolute Gasteiger partial charge is 0.504 e. The number of carbonyl (C=O) groups is 1. The van der Waals surface area contributed by atoms with Gasteiger partial charge in [-0.25, -0.2) is 4.99 Å². The van der Waals surface area contributed by atoms with Crippen molar-refractivity contribution in [2.45, 2.75) is 33.7 Å². The van der Waals surface area contributed by atoms with Gasteiger partial charge in [-0.05, 0) is 90.9 Å². The van der Waals surface area contributed by atoms with Crippen molar-refractivity contribution in [3.63, 3.8) is 0 Å². The lowest BCUT2D eigenvalue weighted by Crippen LogP contribution is -2.43. The van der Waals surface area contributed by atoms with Gasteiger partial charge in [-0.15, -0.1) is 0 Å². The lowest BCUT2D eigenvalue weighted by atomic mass is 9.90. The van der Waals surface area contributed by atoms with Crippen LogP contribution in [-0.2, 0) is 4.79 Å². The molecule has 218 valence electrons. The number of hydrogen-bond donors (Lipinski definition) is 1. The Balaban J connectivity index is 1.83. The first kappa shape index (κ1) is 29.8. The molecule has 0 fully saturated rings. The summed E-state index contributed by atoms with van der Waals surface area (Å²) in [5.74, 6) is 0.839. The molecule has 0 saturated carbocycles. The molecule has 1 atom stereocenters. The Hall–Kier alpha value is -3.64. The molecule has 8 nitrogen and oxygen atoms in total. The summed E-state index contributed by atoms with van der Waals surface area (Å²) in [5, 5.41) is 12.3. The molecule has 0 unspecified atom stereocenters. The highest BCUT2D eigenvalue weighted by molar-refractivity contribution is 14.1. The maximum Gasteiger partial charge on any atom is 0.271 e. The third kappa shape index (κ3) is 5.22. The number of phenolic OH excluding ortho intramolecular Hbond substituents is 1. The maximum atomic E-state index is 14.3. The average molecular weight is 698 g/mol. The number of benzene rings is 3. The summed E-state index contributed by atoms with van der Waals surface area (Å²) in [6.07, 6.45) is 1.77. The summed E-state index contributed by atoms with van der Waals surface area (Å²) in [4.78, 5) is 35.4. The van der Waals surface area contributed by atoms with Crippen LogP contribution in [0.15, 0.2) is 69.6 Å². The summed E-state index contributed by atoms with van der Waals surface area (Å²) in [6, 6.07) is 14.5. The predicted molar refractivity (Wildman–Crippen MR) is 174 cm³/mol. The number of aromatic nitrogens is 1. The summed E-state index contributed by atoms with van der Waals surface area (Å²) in [5.41, 5.74) is 2.20. The van der Waals surface area contributed by atoms with E-state index >= 15 is 0 Å². The third-order valence-corrected chi connectivity index (χ3v) is 9.18. The van der Waals surface area contributed by atoms with Crippen LogP contribution in [0.4, 0.5) is 0 Å². The van der Waals surface area contributed by atoms with Crippen LogP contribution in [0.5, 0.6) is 17.2 Å². The lowest BCUT2D eigenvalue weighted by Gasteiger charge is -2.30. The van der Waals surface area contributed by atoms with Crippen LogP contribution in [0.1, 0.15) is 44.9 Å². The van der Waals surface area contributed by atoms with Crippen molar-refractivity contribution in [1.82, 2.24) is 9.47 Å². The quantitative estimate of drug-likeness (QED) is 0.263. The molecule has 1 aliphatic rings. The molecule has 5 rings (SSSR count). The number of nitrogens with zero attached hydrogens (tertiary/aromatic N) is 3. The molecule has 0 radical (unpaired) electrons. The number of methoxy groups -OCH3 is 1. The van der Waals surface area contributed by atoms with Gasteiger partial charge in [0.15, 0.2) is 16.3 Å². The zero-order valence-corrected chi connectivity index (χ0v) is 27.1. The van der Waals surface area contributed by atoms with E-state index in [0.717, 1.165) is 16.3 Å². The van der Waals surface area contributed by atoms with Crippen LogP contribution in [0.3, 0.4) is 0 Å². The molecular weight excluding hydrogens is 665 g/mol. The number of likely N-dealkylation sites (N-methyl/N-ethyl adjacent to an activating group) is 1. The monoisotopic (exact) mass is 697 g/mol. The van der Waals surface area contributed by atoms with Gasteiger partial charge in [0, 0.05) is 18.7 Å². The van der Waals surface area contributed by atoms with Gasteiger partial charge in [-0.2, -0.15) is 0 Å². The molecule has 42 heavy (non-hydrogen) atoms. The van der Waals surface area contributed by atoms with Gasteiger partial charge < -0.3 is 19.5 Å². The number of thiazole rings is 1. The molecule has 0 spiro atoms. The first-order valence-corrected chi connectivity index (χ1v) is 15.7. The van der Waals surface area contributed by atoms with Crippen LogP contribution in [0.2, 0.25) is 0 Å². The topological polar surface area (TPSA) is 93.4 Å². The number of phenols is 1. The van der Waals surface area contributed by atoms with E-state index in [-0.39, 0.29) is 17.2 Å². The molecular formula is C32H32IN3O5S. The number of ether oxygens (including phenoxy) is 2. The van der Waals surface area contributed by atoms with Crippen molar-refractivity contribution in [2.75, 3.05) is 26.8 Å². The van der Waals surface area contributed by atoms with Crippen LogP contribution in [0, 0.1) is 3.57 Å². The summed E-state index contributed by atoms with van der Waals surface area (Å²) in [6.45, 7) is 9.00. The van der Waals surface area contributed by atoms with E-state index in [1.165, 1.54) is 11.3 Å². The van der Waals surface area contributed by atoms with Crippen molar-refractivity contribution >= 4 is 56.7 Å². The fourth-order valence-electron chi connectivity index (χ4n) is 5.38. The van der Waals surface area contributed by atoms with Crippen molar-refractivity contribution in [1.29, 1.82) is 0 Å². The molecule has 1 aromatic heterocycles. The van der Waals surface area contributed by atoms with Crippen molar-refractivity contribution in [3.05, 3.63) is 94.2 Å². The SMILES string of the molecule is CCOc1cc(/C=c2/sc3n(c2=O)[C@@H](c2c(OC)ccc4ccccc24)C(C(=O)N(CC)CC)=C(C)N=3)cc(I)c1O. The molecule has 3 aromatic carbocycles. The van der Waals surface area contributed by atoms with Crippen LogP contribution < -0.4 is 24.4 Å². The van der Waals surface area contributed by atoms with Gasteiger partial charge in [0.2, 0.25) is 0 Å². The van der Waals surface area contributed by atoms with E-state index < -0.39 is 6.04 Å². The van der Waals surface area contributed by atoms with E-state index in [0.29, 0.717) is 60.9 Å². The molecule has 1 aliphatic heterocycles. The van der Waals surface area contributed by atoms with Gasteiger partial charge >= 0.3 is 0 Å². The lowest BCUT2D eigenvalue weighted by molar-refractivity contribution is -0.127. The fourth-order valence-corrected chi connectivity index (χ4v) is 7.05. The van der Waals surface area contributed by atoms with Crippen molar-refractivity contribution in [2.24, 2.45) is 4.99 Å². The van der Waals surface area contributed by atoms with E-state index in [9.17, 15) is 14.7 Å². The van der Waals surface area contributed by atoms with E-state index in [2.05, 4.69) is 0 Å². The highest BCUT2D eigenvalue weighted by atomic mass is 127. The van der Waals surface area contributed by atoms with Crippen molar-refractivity contribution in [3.8, 4) is 17.2 Å². The van der Waals surface area contributed by atoms with Gasteiger partial charge in [0.25, 0.3) is 11.5 Å². The van der Waals surface area contributed by atoms with Crippen molar-refractivity contribution < 1.29 is 19.4 Å². The van der Waals surface area contributed by atoms with E-state index in [1.54, 1.807) is 34.8 Å². The number of fused-ring (bicyclic) bond motifs is 2. The number of rotatable bonds is 8. The Morgan fingerprint density at radius 3 is 2.57 bits per heavy atom. The first-order valence-electron chi connectivity index (χ1n) is 13.8. The minimum atomic E-state index is -0.753. The minimum absolute atomic E-state index is 0.0642. The Morgan fingerprint density at radius 2 is 1.88 bits per heavy atom. The molecule has 4 aromatic rings. The van der Waals surface area contributed by atoms with Crippen LogP contribution >= 0.6 is 33.9 Å². The second-order valence-corrected chi connectivity index (χ2v) is 11.9. The fraction of sp³-hybridized carbons (Fsp3) is 0.281. The van der Waals surface area contributed by atoms with E-state index in [4.69, 9.17) is 14.5 Å². The van der Waals surface area contributed by atoms with Gasteiger partial charge in [0.05, 0.1) is 33.1 Å². The normalized spacial score (nSPS) is 15.0. The Bertz CT molecular complexity index is 1910. The molecule has 1 amide bonds. The van der Waals surface area contributed by atoms with Gasteiger partial charge in [-0.1, -0.05) is 41.7 Å². The Kier molecular flexibility index (Phi) is 8.74. The summed E-state index contributed by atoms with van der Waals surface area (Å²) < 4.78 is 14.2. The van der Waals surface area contributed by atoms with Crippen LogP contribution in [0.25, 0.3) is 16.8 Å². The number of amides is 1. The first-order chi connectivity index (χ1) is 20.2. The minimum Gasteiger partial charge on any atom is -0.504 e. The standard InChI is InChI=1S/C32H32IN3O5S/c1-6-35(7-2)31(39)26-18(4)34-32-36(28(26)27-21-12-10-9-11-20(21)13-14-23(27)40-5)30(38)25(42-32)17-19-15-22(33)29(37)24(16-19)41-8-3/h9-17,28,37H,6-8H2,1-5H3/b25-17+/t28-/m1/s1. The summed E-state index contributed by atoms with van der Waals surface area (Å²) in [7, 11) is 1.60.